The molecule has 14 rings (SSSR count). The van der Waals surface area contributed by atoms with Crippen molar-refractivity contribution in [1.29, 1.82) is 0 Å². The van der Waals surface area contributed by atoms with Crippen LogP contribution in [0, 0.1) is 5.92 Å². The van der Waals surface area contributed by atoms with E-state index in [1.54, 1.807) is 0 Å². The summed E-state index contributed by atoms with van der Waals surface area (Å²) in [5.74, 6) is 0.907. The van der Waals surface area contributed by atoms with Gasteiger partial charge in [0.25, 0.3) is 0 Å². The van der Waals surface area contributed by atoms with Gasteiger partial charge in [0.1, 0.15) is 0 Å². The minimum atomic E-state index is 0.361. The first-order valence-corrected chi connectivity index (χ1v) is 24.4. The van der Waals surface area contributed by atoms with E-state index in [2.05, 4.69) is 245 Å². The van der Waals surface area contributed by atoms with Gasteiger partial charge in [0.05, 0.1) is 33.4 Å². The number of benzene rings is 10. The molecule has 0 atom stereocenters. The van der Waals surface area contributed by atoms with Crippen molar-refractivity contribution in [3.05, 3.63) is 236 Å². The number of hydrogen-bond donors (Lipinski definition) is 0. The second-order valence-corrected chi connectivity index (χ2v) is 19.3. The van der Waals surface area contributed by atoms with Crippen LogP contribution in [0.3, 0.4) is 0 Å². The summed E-state index contributed by atoms with van der Waals surface area (Å²) in [6.45, 7) is 0. The summed E-state index contributed by atoms with van der Waals surface area (Å²) in [4.78, 5) is 2.54. The normalized spacial score (nSPS) is 16.7. The highest BCUT2D eigenvalue weighted by molar-refractivity contribution is 6.16. The molecule has 3 nitrogen and oxygen atoms in total. The highest BCUT2D eigenvalue weighted by Crippen LogP contribution is 2.56. The first-order valence-electron chi connectivity index (χ1n) is 24.4. The van der Waals surface area contributed by atoms with Crippen LogP contribution < -0.4 is 4.90 Å². The molecule has 0 aliphatic heterocycles. The summed E-state index contributed by atoms with van der Waals surface area (Å²) < 4.78 is 4.97. The maximum atomic E-state index is 2.54. The van der Waals surface area contributed by atoms with E-state index in [1.165, 1.54) is 109 Å². The van der Waals surface area contributed by atoms with Crippen LogP contribution in [0.25, 0.3) is 88.0 Å². The Labute approximate surface area is 396 Å². The molecule has 2 heterocycles. The van der Waals surface area contributed by atoms with Crippen molar-refractivity contribution in [2.24, 2.45) is 5.92 Å². The van der Waals surface area contributed by atoms with Crippen LogP contribution in [0.15, 0.2) is 231 Å². The Morgan fingerprint density at radius 3 is 1.74 bits per heavy atom. The lowest BCUT2D eigenvalue weighted by Crippen LogP contribution is -2.19. The molecule has 0 saturated heterocycles. The number of fused-ring (bicyclic) bond motifs is 9. The summed E-state index contributed by atoms with van der Waals surface area (Å²) in [5, 5.41) is 7.41. The van der Waals surface area contributed by atoms with Gasteiger partial charge in [0.2, 0.25) is 0 Å². The molecule has 2 bridgehead atoms. The van der Waals surface area contributed by atoms with E-state index in [-0.39, 0.29) is 0 Å². The molecule has 12 aromatic rings. The van der Waals surface area contributed by atoms with Gasteiger partial charge < -0.3 is 14.0 Å². The predicted octanol–water partition coefficient (Wildman–Crippen LogP) is 17.7. The summed E-state index contributed by atoms with van der Waals surface area (Å²) >= 11 is 0. The van der Waals surface area contributed by atoms with Gasteiger partial charge in [-0.05, 0) is 137 Å². The summed E-state index contributed by atoms with van der Waals surface area (Å²) in [6.07, 6.45) is 6.77. The van der Waals surface area contributed by atoms with Gasteiger partial charge in [-0.1, -0.05) is 170 Å². The fraction of sp³-hybridized carbons (Fsp3) is 0.108. The second-order valence-electron chi connectivity index (χ2n) is 19.3. The average molecular weight is 872 g/mol. The third-order valence-corrected chi connectivity index (χ3v) is 15.7. The van der Waals surface area contributed by atoms with Crippen LogP contribution in [-0.4, -0.2) is 9.13 Å². The van der Waals surface area contributed by atoms with Crippen molar-refractivity contribution in [2.75, 3.05) is 4.90 Å². The minimum absolute atomic E-state index is 0.361. The highest BCUT2D eigenvalue weighted by Gasteiger charge is 2.45. The topological polar surface area (TPSA) is 13.1 Å². The highest BCUT2D eigenvalue weighted by atomic mass is 15.2. The molecule has 0 spiro atoms. The van der Waals surface area contributed by atoms with Gasteiger partial charge >= 0.3 is 0 Å². The van der Waals surface area contributed by atoms with Gasteiger partial charge in [-0.15, -0.1) is 0 Å². The van der Waals surface area contributed by atoms with Crippen LogP contribution >= 0.6 is 0 Å². The minimum Gasteiger partial charge on any atom is -0.309 e. The number of aromatic nitrogens is 2. The molecule has 2 aliphatic rings. The van der Waals surface area contributed by atoms with Crippen LogP contribution in [0.5, 0.6) is 0 Å². The fourth-order valence-electron chi connectivity index (χ4n) is 12.7. The van der Waals surface area contributed by atoms with E-state index in [4.69, 9.17) is 0 Å². The third-order valence-electron chi connectivity index (χ3n) is 15.7. The Kier molecular flexibility index (Phi) is 8.89. The third kappa shape index (κ3) is 5.98. The van der Waals surface area contributed by atoms with E-state index >= 15 is 0 Å². The summed E-state index contributed by atoms with van der Waals surface area (Å²) in [5.41, 5.74) is 17.1. The van der Waals surface area contributed by atoms with Crippen LogP contribution in [0.2, 0.25) is 0 Å². The van der Waals surface area contributed by atoms with Gasteiger partial charge in [-0.2, -0.15) is 0 Å². The van der Waals surface area contributed by atoms with E-state index in [1.807, 2.05) is 0 Å². The van der Waals surface area contributed by atoms with Crippen molar-refractivity contribution < 1.29 is 0 Å². The first kappa shape index (κ1) is 39.1. The Morgan fingerprint density at radius 1 is 0.412 bits per heavy atom. The number of hydrogen-bond acceptors (Lipinski definition) is 1. The molecule has 68 heavy (non-hydrogen) atoms. The van der Waals surface area contributed by atoms with Gasteiger partial charge in [0, 0.05) is 44.2 Å². The molecular formula is C65H49N3. The molecule has 2 saturated carbocycles. The molecule has 2 fully saturated rings. The molecule has 0 N–H and O–H groups in total. The van der Waals surface area contributed by atoms with Gasteiger partial charge in [0.15, 0.2) is 0 Å². The van der Waals surface area contributed by atoms with E-state index < -0.39 is 0 Å². The van der Waals surface area contributed by atoms with Gasteiger partial charge in [-0.3, -0.25) is 0 Å². The fourth-order valence-corrected chi connectivity index (χ4v) is 12.7. The molecule has 0 unspecified atom stereocenters. The van der Waals surface area contributed by atoms with Gasteiger partial charge in [-0.25, -0.2) is 0 Å². The van der Waals surface area contributed by atoms with Crippen molar-refractivity contribution in [1.82, 2.24) is 9.13 Å². The molecule has 0 amide bonds. The van der Waals surface area contributed by atoms with Crippen molar-refractivity contribution in [3.63, 3.8) is 0 Å². The standard InChI is InChI=1S/C65H49N3/c1-3-16-45(17-4-1)51-25-13-18-46-19-14-26-56(63(46)51)53-23-8-11-29-59(53)67(61-31-15-27-57-54-24-9-12-30-60(54)68(64(57)61)48-20-5-2-6-21-48)50-36-37-55-52-22-7-10-28-58(52)66(62(55)42-50)49-34-32-47(33-35-49)65-40-38-44(43-65)39-41-65/h1-37,42,44H,38-41,43H2. The Balaban J connectivity index is 1.06. The molecule has 10 aromatic carbocycles. The molecule has 3 heteroatoms. The van der Waals surface area contributed by atoms with Crippen LogP contribution in [-0.2, 0) is 5.41 Å². The lowest BCUT2D eigenvalue weighted by molar-refractivity contribution is 0.419. The van der Waals surface area contributed by atoms with Crippen molar-refractivity contribution in [3.8, 4) is 33.6 Å². The lowest BCUT2D eigenvalue weighted by atomic mass is 9.78. The monoisotopic (exact) mass is 871 g/mol. The molecule has 2 aromatic heterocycles. The van der Waals surface area contributed by atoms with E-state index in [9.17, 15) is 0 Å². The molecular weight excluding hydrogens is 823 g/mol. The average Bonchev–Trinajstić information content (AvgIpc) is 4.20. The molecule has 2 aliphatic carbocycles. The molecule has 0 radical (unpaired) electrons. The zero-order valence-electron chi connectivity index (χ0n) is 37.9. The number of nitrogens with zero attached hydrogens (tertiary/aromatic N) is 3. The second kappa shape index (κ2) is 15.5. The Morgan fingerprint density at radius 2 is 0.985 bits per heavy atom. The smallest absolute Gasteiger partial charge is 0.0782 e. The lowest BCUT2D eigenvalue weighted by Gasteiger charge is -2.30. The number of anilines is 3. The van der Waals surface area contributed by atoms with E-state index in [0.717, 1.165) is 39.7 Å². The number of para-hydroxylation sites is 5. The summed E-state index contributed by atoms with van der Waals surface area (Å²) in [7, 11) is 0. The summed E-state index contributed by atoms with van der Waals surface area (Å²) in [6, 6.07) is 85.8. The van der Waals surface area contributed by atoms with Crippen molar-refractivity contribution in [2.45, 2.75) is 37.5 Å². The zero-order chi connectivity index (χ0) is 44.8. The maximum Gasteiger partial charge on any atom is 0.0782 e. The first-order chi connectivity index (χ1) is 33.7. The Bertz CT molecular complexity index is 3880. The van der Waals surface area contributed by atoms with Crippen LogP contribution in [0.4, 0.5) is 17.1 Å². The van der Waals surface area contributed by atoms with Crippen LogP contribution in [0.1, 0.15) is 37.7 Å². The maximum absolute atomic E-state index is 2.54. The predicted molar refractivity (Wildman–Crippen MR) is 286 cm³/mol. The Hall–Kier alpha value is -8.14. The molecule has 324 valence electrons. The van der Waals surface area contributed by atoms with E-state index in [0.29, 0.717) is 5.41 Å². The SMILES string of the molecule is c1ccc(-c2cccc3cccc(-c4ccccc4N(c4ccc5c6ccccc6n(-c6ccc(C78CCC(CC7)C8)cc6)c5c4)c4cccc5c6ccccc6n(-c6ccccc6)c45)c23)cc1. The largest absolute Gasteiger partial charge is 0.309 e. The van der Waals surface area contributed by atoms with Crippen molar-refractivity contribution >= 4 is 71.4 Å². The number of rotatable bonds is 8. The zero-order valence-corrected chi connectivity index (χ0v) is 37.9. The quantitative estimate of drug-likeness (QED) is 0.148.